The molecule has 0 amide bonds. The van der Waals surface area contributed by atoms with Crippen molar-refractivity contribution in [1.29, 1.82) is 0 Å². The van der Waals surface area contributed by atoms with Gasteiger partial charge in [0.05, 0.1) is 40.3 Å². The summed E-state index contributed by atoms with van der Waals surface area (Å²) < 4.78 is 22.9. The zero-order chi connectivity index (χ0) is 66.1. The average molecular weight is 1280 g/mol. The van der Waals surface area contributed by atoms with E-state index in [-0.39, 0.29) is 32.2 Å². The second kappa shape index (κ2) is 72.3. The van der Waals surface area contributed by atoms with Gasteiger partial charge in [0.1, 0.15) is 13.2 Å². The van der Waals surface area contributed by atoms with Crippen LogP contribution in [-0.2, 0) is 33.3 Å². The van der Waals surface area contributed by atoms with Gasteiger partial charge in [-0.25, -0.2) is 0 Å². The number of carbonyl (C=O) groups is 3. The predicted molar refractivity (Wildman–Crippen MR) is 389 cm³/mol. The van der Waals surface area contributed by atoms with Crippen molar-refractivity contribution in [2.45, 2.75) is 373 Å². The molecule has 0 aliphatic heterocycles. The molecule has 0 saturated heterocycles. The number of aliphatic carboxylic acids is 1. The summed E-state index contributed by atoms with van der Waals surface area (Å²) in [7, 11) is 5.94. The number of quaternary nitrogens is 1. The van der Waals surface area contributed by atoms with Gasteiger partial charge in [-0.1, -0.05) is 343 Å². The van der Waals surface area contributed by atoms with E-state index in [1.807, 2.05) is 21.1 Å². The molecule has 0 aromatic carbocycles. The molecule has 2 atom stereocenters. The first-order valence-electron chi connectivity index (χ1n) is 38.7. The van der Waals surface area contributed by atoms with Gasteiger partial charge in [0.2, 0.25) is 0 Å². The molecule has 9 heteroatoms. The molecule has 0 aliphatic rings. The Kier molecular flexibility index (Phi) is 69.5. The third kappa shape index (κ3) is 73.7. The largest absolute Gasteiger partial charge is 0.545 e. The molecule has 0 spiro atoms. The third-order valence-electron chi connectivity index (χ3n) is 17.1. The number of carbonyl (C=O) groups excluding carboxylic acids is 3. The second-order valence-corrected chi connectivity index (χ2v) is 27.3. The van der Waals surface area contributed by atoms with Crippen LogP contribution in [0.25, 0.3) is 0 Å². The summed E-state index contributed by atoms with van der Waals surface area (Å²) >= 11 is 0. The molecule has 91 heavy (non-hydrogen) atoms. The van der Waals surface area contributed by atoms with Crippen LogP contribution in [-0.4, -0.2) is 82.3 Å². The monoisotopic (exact) mass is 1270 g/mol. The quantitative estimate of drug-likeness (QED) is 0.0195. The normalized spacial score (nSPS) is 13.1. The smallest absolute Gasteiger partial charge is 0.306 e. The van der Waals surface area contributed by atoms with Crippen LogP contribution in [0.3, 0.4) is 0 Å². The molecule has 0 heterocycles. The zero-order valence-electron chi connectivity index (χ0n) is 60.5. The number of nitrogens with zero attached hydrogens (tertiary/aromatic N) is 1. The predicted octanol–water partition coefficient (Wildman–Crippen LogP) is 23.3. The lowest BCUT2D eigenvalue weighted by Crippen LogP contribution is -2.44. The van der Waals surface area contributed by atoms with Gasteiger partial charge < -0.3 is 33.3 Å². The highest BCUT2D eigenvalue weighted by molar-refractivity contribution is 5.70. The second-order valence-electron chi connectivity index (χ2n) is 27.3. The Hall–Kier alpha value is -3.53. The molecule has 2 unspecified atom stereocenters. The van der Waals surface area contributed by atoms with Gasteiger partial charge in [0, 0.05) is 12.8 Å². The fourth-order valence-electron chi connectivity index (χ4n) is 11.2. The molecule has 0 bridgehead atoms. The average Bonchev–Trinajstić information content (AvgIpc) is 3.46. The first-order valence-corrected chi connectivity index (χ1v) is 38.7. The number of ether oxygens (including phenoxy) is 4. The van der Waals surface area contributed by atoms with Crippen molar-refractivity contribution in [3.63, 3.8) is 0 Å². The molecule has 0 aliphatic carbocycles. The highest BCUT2D eigenvalue weighted by Crippen LogP contribution is 2.19. The van der Waals surface area contributed by atoms with Crippen LogP contribution in [0.1, 0.15) is 361 Å². The van der Waals surface area contributed by atoms with Crippen LogP contribution in [0.5, 0.6) is 0 Å². The summed E-state index contributed by atoms with van der Waals surface area (Å²) in [4.78, 5) is 37.6. The number of unbranched alkanes of at least 4 members (excludes halogenated alkanes) is 43. The van der Waals surface area contributed by atoms with E-state index < -0.39 is 24.3 Å². The minimum atomic E-state index is -1.62. The Balaban J connectivity index is 4.03. The molecule has 0 radical (unpaired) electrons. The molecule has 528 valence electrons. The fourth-order valence-corrected chi connectivity index (χ4v) is 11.2. The van der Waals surface area contributed by atoms with E-state index >= 15 is 0 Å². The van der Waals surface area contributed by atoms with Gasteiger partial charge in [-0.05, 0) is 89.9 Å². The number of esters is 2. The van der Waals surface area contributed by atoms with Crippen molar-refractivity contribution in [3.8, 4) is 0 Å². The number of hydrogen-bond acceptors (Lipinski definition) is 8. The van der Waals surface area contributed by atoms with Crippen LogP contribution < -0.4 is 5.11 Å². The molecule has 0 fully saturated rings. The van der Waals surface area contributed by atoms with Gasteiger partial charge in [-0.15, -0.1) is 0 Å². The maximum atomic E-state index is 13.0. The van der Waals surface area contributed by atoms with Crippen molar-refractivity contribution >= 4 is 17.9 Å². The number of carboxylic acid groups (broad SMARTS) is 1. The maximum Gasteiger partial charge on any atom is 0.306 e. The van der Waals surface area contributed by atoms with Crippen molar-refractivity contribution in [1.82, 2.24) is 0 Å². The molecule has 0 aromatic rings. The third-order valence-corrected chi connectivity index (χ3v) is 17.1. The Bertz CT molecular complexity index is 1770. The molecule has 0 N–H and O–H groups in total. The first-order chi connectivity index (χ1) is 44.6. The van der Waals surface area contributed by atoms with E-state index in [4.69, 9.17) is 18.9 Å². The van der Waals surface area contributed by atoms with Crippen LogP contribution in [0.2, 0.25) is 0 Å². The summed E-state index contributed by atoms with van der Waals surface area (Å²) in [6.07, 6.45) is 95.5. The minimum Gasteiger partial charge on any atom is -0.545 e. The Morgan fingerprint density at radius 1 is 0.341 bits per heavy atom. The lowest BCUT2D eigenvalue weighted by molar-refractivity contribution is -0.870. The standard InChI is InChI=1S/C82H147NO8/c1-6-8-10-12-14-16-18-20-22-24-26-28-30-32-34-36-38-39-40-41-43-45-47-49-51-53-55-57-59-61-63-65-67-69-71-73-80(85)91-78(77-90-82(81(86)87)88-75-74-83(3,4)5)76-89-79(84)72-70-68-66-64-62-60-58-56-54-52-50-48-46-44-42-37-35-33-31-29-27-25-23-21-19-17-15-13-11-9-7-2/h8,10,14,16,20,22,25-28,32,34,38-39,78,82H,6-7,9,11-13,15,17-19,21,23-24,29-31,33,35-37,40-77H2,1-5H3/b10-8-,16-14-,22-20-,27-25-,28-26-,34-32-,39-38-. The van der Waals surface area contributed by atoms with Crippen molar-refractivity contribution < 1.29 is 42.9 Å². The fraction of sp³-hybridized carbons (Fsp3) is 0.793. The Labute approximate surface area is 563 Å². The Morgan fingerprint density at radius 2 is 0.626 bits per heavy atom. The molecular weight excluding hydrogens is 1130 g/mol. The minimum absolute atomic E-state index is 0.148. The van der Waals surface area contributed by atoms with Crippen LogP contribution in [0, 0.1) is 0 Å². The summed E-state index contributed by atoms with van der Waals surface area (Å²) in [6.45, 7) is 4.69. The number of hydrogen-bond donors (Lipinski definition) is 0. The highest BCUT2D eigenvalue weighted by Gasteiger charge is 2.22. The van der Waals surface area contributed by atoms with Gasteiger partial charge in [-0.3, -0.25) is 9.59 Å². The zero-order valence-corrected chi connectivity index (χ0v) is 60.5. The highest BCUT2D eigenvalue weighted by atomic mass is 16.7. The van der Waals surface area contributed by atoms with E-state index in [9.17, 15) is 19.5 Å². The number of likely N-dealkylation sites (N-methyl/N-ethyl adjacent to an activating group) is 1. The maximum absolute atomic E-state index is 13.0. The summed E-state index contributed by atoms with van der Waals surface area (Å²) in [5.74, 6) is -2.26. The van der Waals surface area contributed by atoms with Crippen molar-refractivity contribution in [2.75, 3.05) is 47.5 Å². The van der Waals surface area contributed by atoms with E-state index in [0.717, 1.165) is 70.6 Å². The lowest BCUT2D eigenvalue weighted by atomic mass is 10.0. The molecule has 9 nitrogen and oxygen atoms in total. The Morgan fingerprint density at radius 3 is 0.945 bits per heavy atom. The number of allylic oxidation sites excluding steroid dienone is 14. The molecular formula is C82H147NO8. The van der Waals surface area contributed by atoms with Gasteiger partial charge in [0.15, 0.2) is 12.4 Å². The van der Waals surface area contributed by atoms with E-state index in [2.05, 4.69) is 98.9 Å². The molecule has 0 saturated carbocycles. The van der Waals surface area contributed by atoms with Gasteiger partial charge >= 0.3 is 11.9 Å². The van der Waals surface area contributed by atoms with E-state index in [1.54, 1.807) is 0 Å². The van der Waals surface area contributed by atoms with Crippen LogP contribution in [0.4, 0.5) is 0 Å². The van der Waals surface area contributed by atoms with Gasteiger partial charge in [0.25, 0.3) is 0 Å². The molecule has 0 aromatic heterocycles. The summed E-state index contributed by atoms with van der Waals surface area (Å²) in [5, 5.41) is 11.9. The number of carboxylic acids is 1. The summed E-state index contributed by atoms with van der Waals surface area (Å²) in [5.41, 5.74) is 0. The SMILES string of the molecule is CC/C=C\C/C=C\C/C=C\C/C=C\C/C=C\C/C=C\CCCCCCCCCCCCCCCCCCC(=O)OC(COC(=O)CCCCCCCCCCCCCCCCCCCCC/C=C\CCCCCCCCCC)COC(OCC[N+](C)(C)C)C(=O)[O-]. The lowest BCUT2D eigenvalue weighted by Gasteiger charge is -2.26. The molecule has 0 rings (SSSR count). The summed E-state index contributed by atoms with van der Waals surface area (Å²) in [6, 6.07) is 0. The first kappa shape index (κ1) is 87.5. The van der Waals surface area contributed by atoms with Gasteiger partial charge in [-0.2, -0.15) is 0 Å². The number of rotatable bonds is 72. The van der Waals surface area contributed by atoms with Crippen LogP contribution >= 0.6 is 0 Å². The van der Waals surface area contributed by atoms with E-state index in [1.165, 1.54) is 257 Å². The van der Waals surface area contributed by atoms with E-state index in [0.29, 0.717) is 23.9 Å². The topological polar surface area (TPSA) is 111 Å². The van der Waals surface area contributed by atoms with Crippen molar-refractivity contribution in [3.05, 3.63) is 85.1 Å². The van der Waals surface area contributed by atoms with Crippen LogP contribution in [0.15, 0.2) is 85.1 Å². The van der Waals surface area contributed by atoms with Crippen molar-refractivity contribution in [2.24, 2.45) is 0 Å².